The molecule has 8 nitrogen and oxygen atoms in total. The van der Waals surface area contributed by atoms with Crippen molar-refractivity contribution in [2.75, 3.05) is 26.3 Å². The first kappa shape index (κ1) is 18.1. The van der Waals surface area contributed by atoms with Crippen LogP contribution in [0, 0.1) is 0 Å². The minimum absolute atomic E-state index is 0.00626. The van der Waals surface area contributed by atoms with E-state index >= 15 is 0 Å². The van der Waals surface area contributed by atoms with Crippen molar-refractivity contribution in [1.82, 2.24) is 20.3 Å². The van der Waals surface area contributed by atoms with Gasteiger partial charge in [0.05, 0.1) is 24.9 Å². The Morgan fingerprint density at radius 2 is 2.04 bits per heavy atom. The second-order valence-corrected chi connectivity index (χ2v) is 7.69. The first-order valence-electron chi connectivity index (χ1n) is 8.99. The molecule has 1 aromatic rings. The highest BCUT2D eigenvalue weighted by molar-refractivity contribution is 5.68. The number of aromatic amines is 1. The van der Waals surface area contributed by atoms with E-state index in [0.717, 1.165) is 43.9 Å². The summed E-state index contributed by atoms with van der Waals surface area (Å²) in [5.41, 5.74) is 1.38. The maximum Gasteiger partial charge on any atom is 0.410 e. The number of nitrogens with zero attached hydrogens (tertiary/aromatic N) is 3. The number of amides is 1. The van der Waals surface area contributed by atoms with Crippen LogP contribution in [0.15, 0.2) is 0 Å². The monoisotopic (exact) mass is 352 g/mol. The maximum absolute atomic E-state index is 12.1. The molecular formula is C17H28N4O4. The van der Waals surface area contributed by atoms with Crippen LogP contribution in [0.2, 0.25) is 0 Å². The minimum atomic E-state index is -0.477. The molecule has 0 aliphatic carbocycles. The number of nitrogens with one attached hydrogen (secondary N) is 1. The average molecular weight is 352 g/mol. The van der Waals surface area contributed by atoms with Crippen LogP contribution in [-0.4, -0.2) is 64.4 Å². The number of rotatable bonds is 4. The van der Waals surface area contributed by atoms with E-state index < -0.39 is 5.60 Å². The Kier molecular flexibility index (Phi) is 5.58. The molecule has 8 heteroatoms. The van der Waals surface area contributed by atoms with Crippen molar-refractivity contribution in [3.63, 3.8) is 0 Å². The van der Waals surface area contributed by atoms with Gasteiger partial charge in [-0.25, -0.2) is 4.79 Å². The zero-order chi connectivity index (χ0) is 17.9. The molecule has 2 fully saturated rings. The Balaban J connectivity index is 1.49. The lowest BCUT2D eigenvalue weighted by atomic mass is 9.95. The van der Waals surface area contributed by atoms with Gasteiger partial charge in [0.15, 0.2) is 0 Å². The number of carbonyl (C=O) groups is 1. The third-order valence-electron chi connectivity index (χ3n) is 4.51. The number of aromatic nitrogens is 3. The molecule has 2 aliphatic heterocycles. The third-order valence-corrected chi connectivity index (χ3v) is 4.51. The summed E-state index contributed by atoms with van der Waals surface area (Å²) >= 11 is 0. The standard InChI is InChI=1S/C17H28N4O4/c1-17(2,3)25-16(22)21-7-4-13(10-21)24-11-14-15(19-20-18-14)12-5-8-23-9-6-12/h12-13H,4-11H2,1-3H3,(H,18,19,20)/t13-/m0/s1. The highest BCUT2D eigenvalue weighted by Crippen LogP contribution is 2.27. The summed E-state index contributed by atoms with van der Waals surface area (Å²) in [7, 11) is 0. The molecule has 2 aliphatic rings. The lowest BCUT2D eigenvalue weighted by Gasteiger charge is -2.24. The summed E-state index contributed by atoms with van der Waals surface area (Å²) in [6, 6.07) is 0. The van der Waals surface area contributed by atoms with Crippen molar-refractivity contribution in [1.29, 1.82) is 0 Å². The molecule has 1 atom stereocenters. The van der Waals surface area contributed by atoms with Gasteiger partial charge in [0, 0.05) is 25.7 Å². The molecule has 25 heavy (non-hydrogen) atoms. The third kappa shape index (κ3) is 4.92. The molecule has 0 saturated carbocycles. The van der Waals surface area contributed by atoms with Gasteiger partial charge < -0.3 is 19.1 Å². The van der Waals surface area contributed by atoms with Crippen LogP contribution in [-0.2, 0) is 20.8 Å². The largest absolute Gasteiger partial charge is 0.444 e. The number of hydrogen-bond acceptors (Lipinski definition) is 6. The highest BCUT2D eigenvalue weighted by atomic mass is 16.6. The summed E-state index contributed by atoms with van der Waals surface area (Å²) in [6.07, 6.45) is 2.48. The van der Waals surface area contributed by atoms with Crippen molar-refractivity contribution < 1.29 is 19.0 Å². The molecule has 0 spiro atoms. The molecule has 1 N–H and O–H groups in total. The molecule has 0 radical (unpaired) electrons. The lowest BCUT2D eigenvalue weighted by Crippen LogP contribution is -2.36. The number of H-pyrrole nitrogens is 1. The number of ether oxygens (including phenoxy) is 3. The van der Waals surface area contributed by atoms with Gasteiger partial charge in [-0.3, -0.25) is 0 Å². The molecular weight excluding hydrogens is 324 g/mol. The van der Waals surface area contributed by atoms with Crippen LogP contribution in [0.1, 0.15) is 57.3 Å². The molecule has 0 aromatic carbocycles. The maximum atomic E-state index is 12.1. The molecule has 3 rings (SSSR count). The van der Waals surface area contributed by atoms with E-state index in [-0.39, 0.29) is 12.2 Å². The second kappa shape index (κ2) is 7.70. The molecule has 0 unspecified atom stereocenters. The Bertz CT molecular complexity index is 577. The predicted molar refractivity (Wildman–Crippen MR) is 90.2 cm³/mol. The van der Waals surface area contributed by atoms with Crippen molar-refractivity contribution in [3.05, 3.63) is 11.4 Å². The fourth-order valence-electron chi connectivity index (χ4n) is 3.22. The van der Waals surface area contributed by atoms with Crippen LogP contribution in [0.3, 0.4) is 0 Å². The Hall–Kier alpha value is -1.67. The Morgan fingerprint density at radius 3 is 2.76 bits per heavy atom. The van der Waals surface area contributed by atoms with Gasteiger partial charge in [0.2, 0.25) is 0 Å². The van der Waals surface area contributed by atoms with Crippen molar-refractivity contribution in [2.45, 2.75) is 64.3 Å². The van der Waals surface area contributed by atoms with Crippen molar-refractivity contribution >= 4 is 6.09 Å². The van der Waals surface area contributed by atoms with E-state index in [0.29, 0.717) is 25.6 Å². The summed E-state index contributed by atoms with van der Waals surface area (Å²) in [5.74, 6) is 0.382. The fourth-order valence-corrected chi connectivity index (χ4v) is 3.22. The van der Waals surface area contributed by atoms with Crippen LogP contribution in [0.4, 0.5) is 4.79 Å². The van der Waals surface area contributed by atoms with Crippen molar-refractivity contribution in [2.24, 2.45) is 0 Å². The van der Waals surface area contributed by atoms with Gasteiger partial charge in [-0.05, 0) is 40.0 Å². The quantitative estimate of drug-likeness (QED) is 0.894. The second-order valence-electron chi connectivity index (χ2n) is 7.69. The van der Waals surface area contributed by atoms with Crippen LogP contribution in [0.5, 0.6) is 0 Å². The van der Waals surface area contributed by atoms with Crippen LogP contribution in [0.25, 0.3) is 0 Å². The number of likely N-dealkylation sites (tertiary alicyclic amines) is 1. The predicted octanol–water partition coefficient (Wildman–Crippen LogP) is 2.22. The first-order chi connectivity index (χ1) is 11.9. The van der Waals surface area contributed by atoms with Gasteiger partial charge in [-0.2, -0.15) is 15.4 Å². The summed E-state index contributed by atoms with van der Waals surface area (Å²) in [5, 5.41) is 11.3. The Labute approximate surface area is 148 Å². The van der Waals surface area contributed by atoms with Gasteiger partial charge in [-0.15, -0.1) is 0 Å². The molecule has 140 valence electrons. The van der Waals surface area contributed by atoms with Crippen molar-refractivity contribution in [3.8, 4) is 0 Å². The Morgan fingerprint density at radius 1 is 1.28 bits per heavy atom. The van der Waals surface area contributed by atoms with E-state index in [2.05, 4.69) is 15.4 Å². The van der Waals surface area contributed by atoms with Gasteiger partial charge in [-0.1, -0.05) is 0 Å². The number of carbonyl (C=O) groups excluding carboxylic acids is 1. The van der Waals surface area contributed by atoms with Gasteiger partial charge >= 0.3 is 6.09 Å². The smallest absolute Gasteiger partial charge is 0.410 e. The summed E-state index contributed by atoms with van der Waals surface area (Å²) in [4.78, 5) is 13.8. The fraction of sp³-hybridized carbons (Fsp3) is 0.824. The highest BCUT2D eigenvalue weighted by Gasteiger charge is 2.31. The SMILES string of the molecule is CC(C)(C)OC(=O)N1CC[C@H](OCc2n[nH]nc2C2CCOCC2)C1. The first-order valence-corrected chi connectivity index (χ1v) is 8.99. The van der Waals surface area contributed by atoms with Crippen LogP contribution >= 0.6 is 0 Å². The van der Waals surface area contributed by atoms with E-state index in [4.69, 9.17) is 14.2 Å². The molecule has 3 heterocycles. The summed E-state index contributed by atoms with van der Waals surface area (Å²) in [6.45, 7) is 8.78. The average Bonchev–Trinajstić information content (AvgIpc) is 3.21. The van der Waals surface area contributed by atoms with E-state index in [1.165, 1.54) is 0 Å². The summed E-state index contributed by atoms with van der Waals surface area (Å²) < 4.78 is 16.8. The van der Waals surface area contributed by atoms with E-state index in [9.17, 15) is 4.79 Å². The van der Waals surface area contributed by atoms with Gasteiger partial charge in [0.1, 0.15) is 11.3 Å². The topological polar surface area (TPSA) is 89.6 Å². The zero-order valence-electron chi connectivity index (χ0n) is 15.3. The molecule has 2 saturated heterocycles. The number of hydrogen-bond donors (Lipinski definition) is 1. The molecule has 1 aromatic heterocycles. The van der Waals surface area contributed by atoms with Gasteiger partial charge in [0.25, 0.3) is 0 Å². The zero-order valence-corrected chi connectivity index (χ0v) is 15.3. The molecule has 1 amide bonds. The minimum Gasteiger partial charge on any atom is -0.444 e. The van der Waals surface area contributed by atoms with E-state index in [1.807, 2.05) is 20.8 Å². The van der Waals surface area contributed by atoms with Crippen LogP contribution < -0.4 is 0 Å². The normalized spacial score (nSPS) is 22.4. The lowest BCUT2D eigenvalue weighted by molar-refractivity contribution is 0.0177. The molecule has 0 bridgehead atoms. The van der Waals surface area contributed by atoms with E-state index in [1.54, 1.807) is 4.90 Å².